The Morgan fingerprint density at radius 3 is 1.88 bits per heavy atom. The Morgan fingerprint density at radius 2 is 1.08 bits per heavy atom. The molecule has 2 aliphatic rings. The van der Waals surface area contributed by atoms with Crippen molar-refractivity contribution >= 4 is 44.5 Å². The van der Waals surface area contributed by atoms with E-state index in [-0.39, 0.29) is 0 Å². The lowest BCUT2D eigenvalue weighted by Crippen LogP contribution is -2.31. The lowest BCUT2D eigenvalue weighted by Gasteiger charge is -2.39. The number of rotatable bonds is 2. The van der Waals surface area contributed by atoms with Gasteiger partial charge < -0.3 is 0 Å². The van der Waals surface area contributed by atoms with Gasteiger partial charge in [0.25, 0.3) is 0 Å². The van der Waals surface area contributed by atoms with Gasteiger partial charge in [-0.1, -0.05) is 139 Å². The molecule has 0 amide bonds. The van der Waals surface area contributed by atoms with Gasteiger partial charge in [-0.05, 0) is 69.8 Å². The molecule has 1 aliphatic heterocycles. The molecule has 0 unspecified atom stereocenters. The van der Waals surface area contributed by atoms with Crippen molar-refractivity contribution in [2.75, 3.05) is 0 Å². The SMILES string of the molecule is c1ccc(-c2nc(-n3c4ccccc4c4cc5c(cc43)C3(c4ccccc4Sc4ccccc43)c3ccccc3-5)nc3ccccc23)cc1. The molecule has 228 valence electrons. The predicted octanol–water partition coefficient (Wildman–Crippen LogP) is 11.2. The van der Waals surface area contributed by atoms with Gasteiger partial charge in [-0.3, -0.25) is 4.57 Å². The lowest BCUT2D eigenvalue weighted by molar-refractivity contribution is 0.723. The summed E-state index contributed by atoms with van der Waals surface area (Å²) in [4.78, 5) is 13.2. The van der Waals surface area contributed by atoms with Gasteiger partial charge in [0, 0.05) is 31.5 Å². The Morgan fingerprint density at radius 1 is 0.449 bits per heavy atom. The normalized spacial score (nSPS) is 13.8. The highest BCUT2D eigenvalue weighted by molar-refractivity contribution is 7.99. The van der Waals surface area contributed by atoms with Crippen molar-refractivity contribution in [1.82, 2.24) is 14.5 Å². The van der Waals surface area contributed by atoms with Gasteiger partial charge in [0.05, 0.1) is 27.7 Å². The smallest absolute Gasteiger partial charge is 0.235 e. The number of aromatic nitrogens is 3. The molecule has 0 saturated carbocycles. The van der Waals surface area contributed by atoms with Gasteiger partial charge in [-0.15, -0.1) is 0 Å². The molecule has 7 aromatic carbocycles. The number of hydrogen-bond acceptors (Lipinski definition) is 3. The molecule has 9 aromatic rings. The third-order valence-corrected chi connectivity index (χ3v) is 11.6. The van der Waals surface area contributed by atoms with Gasteiger partial charge in [0.1, 0.15) is 0 Å². The van der Waals surface area contributed by atoms with Crippen molar-refractivity contribution in [2.45, 2.75) is 15.2 Å². The van der Waals surface area contributed by atoms with Gasteiger partial charge in [-0.25, -0.2) is 9.97 Å². The average molecular weight is 642 g/mol. The van der Waals surface area contributed by atoms with Crippen molar-refractivity contribution in [2.24, 2.45) is 0 Å². The number of nitrogens with zero attached hydrogens (tertiary/aromatic N) is 3. The molecule has 4 heteroatoms. The summed E-state index contributed by atoms with van der Waals surface area (Å²) in [6.07, 6.45) is 0. The zero-order valence-electron chi connectivity index (χ0n) is 26.3. The minimum absolute atomic E-state index is 0.459. The molecule has 49 heavy (non-hydrogen) atoms. The van der Waals surface area contributed by atoms with Crippen LogP contribution in [0, 0.1) is 0 Å². The van der Waals surface area contributed by atoms with Gasteiger partial charge in [0.2, 0.25) is 5.95 Å². The highest BCUT2D eigenvalue weighted by Gasteiger charge is 2.50. The maximum atomic E-state index is 5.37. The summed E-state index contributed by atoms with van der Waals surface area (Å²) in [6, 6.07) is 59.4. The topological polar surface area (TPSA) is 30.7 Å². The van der Waals surface area contributed by atoms with Crippen LogP contribution in [0.3, 0.4) is 0 Å². The first-order valence-corrected chi connectivity index (χ1v) is 17.5. The number of para-hydroxylation sites is 2. The van der Waals surface area contributed by atoms with Crippen LogP contribution in [-0.2, 0) is 5.41 Å². The predicted molar refractivity (Wildman–Crippen MR) is 201 cm³/mol. The summed E-state index contributed by atoms with van der Waals surface area (Å²) in [5.74, 6) is 0.674. The summed E-state index contributed by atoms with van der Waals surface area (Å²) >= 11 is 1.88. The minimum Gasteiger partial charge on any atom is -0.278 e. The largest absolute Gasteiger partial charge is 0.278 e. The third-order valence-electron chi connectivity index (χ3n) is 10.5. The highest BCUT2D eigenvalue weighted by atomic mass is 32.2. The molecule has 11 rings (SSSR count). The monoisotopic (exact) mass is 641 g/mol. The van der Waals surface area contributed by atoms with Crippen molar-refractivity contribution < 1.29 is 0 Å². The standard InChI is InChI=1S/C45H27N3S/c1-2-14-28(15-3-1)43-31-18-5-10-22-38(31)46-44(47-43)48-39-23-11-6-17-30(39)33-26-32-29-16-4-7-19-34(29)45(37(32)27-40(33)48)35-20-8-12-24-41(35)49-42-25-13-9-21-36(42)45/h1-27H. The lowest BCUT2D eigenvalue weighted by atomic mass is 9.67. The molecule has 3 heterocycles. The fourth-order valence-corrected chi connectivity index (χ4v) is 9.70. The van der Waals surface area contributed by atoms with Crippen molar-refractivity contribution in [3.63, 3.8) is 0 Å². The Kier molecular flexibility index (Phi) is 5.53. The van der Waals surface area contributed by atoms with E-state index in [1.165, 1.54) is 53.9 Å². The van der Waals surface area contributed by atoms with E-state index >= 15 is 0 Å². The van der Waals surface area contributed by atoms with Crippen LogP contribution >= 0.6 is 11.8 Å². The fraction of sp³-hybridized carbons (Fsp3) is 0.0222. The van der Waals surface area contributed by atoms with Crippen LogP contribution in [-0.4, -0.2) is 14.5 Å². The van der Waals surface area contributed by atoms with E-state index in [0.717, 1.165) is 33.2 Å². The average Bonchev–Trinajstić information content (AvgIpc) is 3.64. The van der Waals surface area contributed by atoms with Crippen LogP contribution in [0.15, 0.2) is 174 Å². The number of hydrogen-bond donors (Lipinski definition) is 0. The summed E-state index contributed by atoms with van der Waals surface area (Å²) < 4.78 is 2.29. The molecular weight excluding hydrogens is 615 g/mol. The second-order valence-electron chi connectivity index (χ2n) is 12.9. The summed E-state index contributed by atoms with van der Waals surface area (Å²) in [5, 5.41) is 3.43. The van der Waals surface area contributed by atoms with Crippen molar-refractivity contribution in [1.29, 1.82) is 0 Å². The van der Waals surface area contributed by atoms with Crippen LogP contribution < -0.4 is 0 Å². The molecule has 0 bridgehead atoms. The van der Waals surface area contributed by atoms with E-state index in [4.69, 9.17) is 9.97 Å². The molecule has 0 saturated heterocycles. The van der Waals surface area contributed by atoms with E-state index in [1.807, 2.05) is 11.8 Å². The van der Waals surface area contributed by atoms with E-state index in [0.29, 0.717) is 5.95 Å². The Labute approximate surface area is 287 Å². The molecule has 0 atom stereocenters. The van der Waals surface area contributed by atoms with E-state index < -0.39 is 5.41 Å². The maximum Gasteiger partial charge on any atom is 0.235 e. The minimum atomic E-state index is -0.459. The second kappa shape index (κ2) is 10.0. The van der Waals surface area contributed by atoms with Crippen LogP contribution in [0.25, 0.3) is 61.0 Å². The second-order valence-corrected chi connectivity index (χ2v) is 14.0. The first kappa shape index (κ1) is 27.0. The van der Waals surface area contributed by atoms with Gasteiger partial charge in [0.15, 0.2) is 0 Å². The third kappa shape index (κ3) is 3.59. The van der Waals surface area contributed by atoms with E-state index in [1.54, 1.807) is 0 Å². The highest BCUT2D eigenvalue weighted by Crippen LogP contribution is 2.62. The number of benzene rings is 7. The Bertz CT molecular complexity index is 2770. The molecule has 0 radical (unpaired) electrons. The van der Waals surface area contributed by atoms with Crippen molar-refractivity contribution in [3.8, 4) is 28.3 Å². The summed E-state index contributed by atoms with van der Waals surface area (Å²) in [6.45, 7) is 0. The van der Waals surface area contributed by atoms with E-state index in [9.17, 15) is 0 Å². The van der Waals surface area contributed by atoms with E-state index in [2.05, 4.69) is 168 Å². The molecule has 3 nitrogen and oxygen atoms in total. The van der Waals surface area contributed by atoms with Crippen molar-refractivity contribution in [3.05, 3.63) is 186 Å². The summed E-state index contributed by atoms with van der Waals surface area (Å²) in [5.41, 5.74) is 12.6. The molecule has 0 fully saturated rings. The molecule has 1 spiro atoms. The Hall–Kier alpha value is -5.97. The fourth-order valence-electron chi connectivity index (χ4n) is 8.51. The van der Waals surface area contributed by atoms with Crippen LogP contribution in [0.2, 0.25) is 0 Å². The zero-order valence-corrected chi connectivity index (χ0v) is 27.2. The number of fused-ring (bicyclic) bond motifs is 13. The zero-order chi connectivity index (χ0) is 32.1. The molecule has 2 aromatic heterocycles. The van der Waals surface area contributed by atoms with Gasteiger partial charge in [-0.2, -0.15) is 0 Å². The maximum absolute atomic E-state index is 5.37. The van der Waals surface area contributed by atoms with Crippen LogP contribution in [0.5, 0.6) is 0 Å². The Balaban J connectivity index is 1.29. The molecule has 0 N–H and O–H groups in total. The quantitative estimate of drug-likeness (QED) is 0.188. The first-order valence-electron chi connectivity index (χ1n) is 16.7. The van der Waals surface area contributed by atoms with Gasteiger partial charge >= 0.3 is 0 Å². The molecule has 1 aliphatic carbocycles. The van der Waals surface area contributed by atoms with Crippen LogP contribution in [0.1, 0.15) is 22.3 Å². The van der Waals surface area contributed by atoms with Crippen LogP contribution in [0.4, 0.5) is 0 Å². The molecular formula is C45H27N3S. The summed E-state index contributed by atoms with van der Waals surface area (Å²) in [7, 11) is 0. The first-order chi connectivity index (χ1) is 24.3.